The van der Waals surface area contributed by atoms with E-state index in [2.05, 4.69) is 5.10 Å². The van der Waals surface area contributed by atoms with E-state index in [4.69, 9.17) is 0 Å². The van der Waals surface area contributed by atoms with Crippen molar-refractivity contribution in [2.45, 2.75) is 26.1 Å². The van der Waals surface area contributed by atoms with Crippen molar-refractivity contribution < 1.29 is 22.8 Å². The van der Waals surface area contributed by atoms with Gasteiger partial charge in [0, 0.05) is 18.2 Å². The molecule has 22 heavy (non-hydrogen) atoms. The summed E-state index contributed by atoms with van der Waals surface area (Å²) in [5.74, 6) is -1.13. The average Bonchev–Trinajstić information content (AvgIpc) is 2.83. The number of nitrogens with zero attached hydrogens (tertiary/aromatic N) is 2. The summed E-state index contributed by atoms with van der Waals surface area (Å²) in [4.78, 5) is 23.0. The zero-order valence-corrected chi connectivity index (χ0v) is 11.7. The van der Waals surface area contributed by atoms with E-state index in [9.17, 15) is 22.8 Å². The second kappa shape index (κ2) is 6.13. The molecule has 0 saturated carbocycles. The summed E-state index contributed by atoms with van der Waals surface area (Å²) >= 11 is 0. The van der Waals surface area contributed by atoms with E-state index >= 15 is 0 Å². The van der Waals surface area contributed by atoms with Crippen molar-refractivity contribution in [3.05, 3.63) is 53.3 Å². The zero-order valence-electron chi connectivity index (χ0n) is 11.7. The minimum atomic E-state index is -4.71. The topological polar surface area (TPSA) is 52.0 Å². The van der Waals surface area contributed by atoms with E-state index in [-0.39, 0.29) is 22.4 Å². The lowest BCUT2D eigenvalue weighted by atomic mass is 10.0. The summed E-state index contributed by atoms with van der Waals surface area (Å²) in [5.41, 5.74) is 0.590. The highest BCUT2D eigenvalue weighted by atomic mass is 19.4. The number of hydrogen-bond donors (Lipinski definition) is 0. The van der Waals surface area contributed by atoms with Crippen LogP contribution >= 0.6 is 0 Å². The van der Waals surface area contributed by atoms with Crippen molar-refractivity contribution in [2.24, 2.45) is 0 Å². The number of aromatic nitrogens is 2. The van der Waals surface area contributed by atoms with Crippen LogP contribution in [0.3, 0.4) is 0 Å². The Morgan fingerprint density at radius 3 is 2.36 bits per heavy atom. The second-order valence-electron chi connectivity index (χ2n) is 4.88. The molecule has 0 radical (unpaired) electrons. The van der Waals surface area contributed by atoms with E-state index in [1.165, 1.54) is 6.92 Å². The predicted octanol–water partition coefficient (Wildman–Crippen LogP) is 3.11. The first-order chi connectivity index (χ1) is 10.3. The summed E-state index contributed by atoms with van der Waals surface area (Å²) in [6.45, 7) is 1.20. The van der Waals surface area contributed by atoms with Crippen LogP contribution in [0.2, 0.25) is 0 Å². The molecule has 1 aromatic carbocycles. The maximum absolute atomic E-state index is 12.8. The minimum absolute atomic E-state index is 0.135. The molecule has 1 heterocycles. The number of ketones is 2. The van der Waals surface area contributed by atoms with Gasteiger partial charge in [-0.1, -0.05) is 30.3 Å². The van der Waals surface area contributed by atoms with Gasteiger partial charge in [-0.25, -0.2) is 0 Å². The molecule has 2 aromatic rings. The van der Waals surface area contributed by atoms with Gasteiger partial charge in [0.2, 0.25) is 0 Å². The number of alkyl halides is 3. The third kappa shape index (κ3) is 3.81. The van der Waals surface area contributed by atoms with E-state index < -0.39 is 24.3 Å². The fourth-order valence-corrected chi connectivity index (χ4v) is 2.03. The largest absolute Gasteiger partial charge is 0.504 e. The van der Waals surface area contributed by atoms with Crippen molar-refractivity contribution in [1.29, 1.82) is 0 Å². The fourth-order valence-electron chi connectivity index (χ4n) is 2.03. The molecule has 1 aromatic heterocycles. The van der Waals surface area contributed by atoms with Crippen LogP contribution in [0.1, 0.15) is 35.0 Å². The van der Waals surface area contributed by atoms with Crippen molar-refractivity contribution in [1.82, 2.24) is 9.78 Å². The normalized spacial score (nSPS) is 11.5. The average molecular weight is 310 g/mol. The van der Waals surface area contributed by atoms with Gasteiger partial charge in [-0.15, -0.1) is 13.2 Å². The van der Waals surface area contributed by atoms with Gasteiger partial charge in [0.05, 0.1) is 6.42 Å². The number of halogens is 3. The van der Waals surface area contributed by atoms with E-state index in [1.807, 2.05) is 0 Å². The number of hydrogen-bond acceptors (Lipinski definition) is 3. The van der Waals surface area contributed by atoms with Gasteiger partial charge in [0.25, 0.3) is 0 Å². The Hall–Kier alpha value is -2.44. The maximum Gasteiger partial charge on any atom is 0.504 e. The van der Waals surface area contributed by atoms with Crippen LogP contribution in [0.25, 0.3) is 0 Å². The summed E-state index contributed by atoms with van der Waals surface area (Å²) in [6.07, 6.45) is -4.24. The molecule has 0 unspecified atom stereocenters. The Labute approximate surface area is 124 Å². The molecule has 2 rings (SSSR count). The molecular formula is C15H13F3N2O2. The molecule has 0 fully saturated rings. The molecule has 0 N–H and O–H groups in total. The van der Waals surface area contributed by atoms with Gasteiger partial charge in [-0.2, -0.15) is 9.78 Å². The molecule has 0 bridgehead atoms. The zero-order chi connectivity index (χ0) is 16.3. The molecule has 4 nitrogen and oxygen atoms in total. The lowest BCUT2D eigenvalue weighted by molar-refractivity contribution is -0.212. The van der Waals surface area contributed by atoms with E-state index in [1.54, 1.807) is 30.3 Å². The minimum Gasteiger partial charge on any atom is -0.300 e. The van der Waals surface area contributed by atoms with Crippen LogP contribution in [0.15, 0.2) is 36.5 Å². The number of carbonyl (C=O) groups is 2. The highest BCUT2D eigenvalue weighted by Gasteiger charge is 2.34. The van der Waals surface area contributed by atoms with Crippen molar-refractivity contribution >= 4 is 11.6 Å². The molecule has 0 aliphatic carbocycles. The second-order valence-corrected chi connectivity index (χ2v) is 4.88. The Morgan fingerprint density at radius 2 is 1.82 bits per heavy atom. The molecule has 0 saturated heterocycles. The standard InChI is InChI=1S/C15H13F3N2O2/c1-10(21)7-13(22)14-12(8-11-5-3-2-4-6-11)9-20(19-14)15(16,17)18/h2-6,9H,7-8H2,1H3. The molecule has 0 aliphatic rings. The van der Waals surface area contributed by atoms with Crippen molar-refractivity contribution in [3.63, 3.8) is 0 Å². The predicted molar refractivity (Wildman–Crippen MR) is 72.4 cm³/mol. The monoisotopic (exact) mass is 310 g/mol. The molecule has 0 aliphatic heterocycles. The molecular weight excluding hydrogens is 297 g/mol. The van der Waals surface area contributed by atoms with Crippen LogP contribution in [-0.2, 0) is 17.5 Å². The molecule has 116 valence electrons. The summed E-state index contributed by atoms with van der Waals surface area (Å²) in [7, 11) is 0. The Balaban J connectivity index is 2.39. The molecule has 0 spiro atoms. The Morgan fingerprint density at radius 1 is 1.18 bits per heavy atom. The van der Waals surface area contributed by atoms with Crippen molar-refractivity contribution in [3.8, 4) is 0 Å². The van der Waals surface area contributed by atoms with Gasteiger partial charge in [0.1, 0.15) is 11.5 Å². The lowest BCUT2D eigenvalue weighted by Gasteiger charge is -2.04. The SMILES string of the molecule is CC(=O)CC(=O)c1nn(C(F)(F)F)cc1Cc1ccccc1. The molecule has 0 atom stereocenters. The Kier molecular flexibility index (Phi) is 4.44. The maximum atomic E-state index is 12.8. The number of benzene rings is 1. The van der Waals surface area contributed by atoms with Gasteiger partial charge in [0.15, 0.2) is 5.78 Å². The fraction of sp³-hybridized carbons (Fsp3) is 0.267. The van der Waals surface area contributed by atoms with Crippen LogP contribution in [0, 0.1) is 0 Å². The van der Waals surface area contributed by atoms with Crippen LogP contribution in [0.4, 0.5) is 13.2 Å². The van der Waals surface area contributed by atoms with Gasteiger partial charge < -0.3 is 0 Å². The first kappa shape index (κ1) is 15.9. The van der Waals surface area contributed by atoms with Crippen molar-refractivity contribution in [2.75, 3.05) is 0 Å². The smallest absolute Gasteiger partial charge is 0.300 e. The molecule has 7 heteroatoms. The molecule has 0 amide bonds. The number of carbonyl (C=O) groups excluding carboxylic acids is 2. The van der Waals surface area contributed by atoms with Gasteiger partial charge in [-0.3, -0.25) is 9.59 Å². The first-order valence-electron chi connectivity index (χ1n) is 6.49. The highest BCUT2D eigenvalue weighted by Crippen LogP contribution is 2.24. The summed E-state index contributed by atoms with van der Waals surface area (Å²) in [5, 5.41) is 3.32. The highest BCUT2D eigenvalue weighted by molar-refractivity contribution is 6.07. The van der Waals surface area contributed by atoms with Gasteiger partial charge >= 0.3 is 6.30 Å². The summed E-state index contributed by atoms with van der Waals surface area (Å²) in [6, 6.07) is 8.76. The third-order valence-electron chi connectivity index (χ3n) is 2.96. The van der Waals surface area contributed by atoms with Crippen LogP contribution in [0.5, 0.6) is 0 Å². The Bertz CT molecular complexity index is 691. The lowest BCUT2D eigenvalue weighted by Crippen LogP contribution is -2.18. The van der Waals surface area contributed by atoms with Gasteiger partial charge in [-0.05, 0) is 12.5 Å². The number of Topliss-reactive ketones (excluding diaryl/α,β-unsaturated/α-hetero) is 2. The van der Waals surface area contributed by atoms with Crippen LogP contribution < -0.4 is 0 Å². The van der Waals surface area contributed by atoms with Crippen LogP contribution in [-0.4, -0.2) is 21.3 Å². The quantitative estimate of drug-likeness (QED) is 0.630. The number of rotatable bonds is 5. The summed E-state index contributed by atoms with van der Waals surface area (Å²) < 4.78 is 38.1. The van der Waals surface area contributed by atoms with E-state index in [0.29, 0.717) is 0 Å². The first-order valence-corrected chi connectivity index (χ1v) is 6.49. The third-order valence-corrected chi connectivity index (χ3v) is 2.96. The van der Waals surface area contributed by atoms with E-state index in [0.717, 1.165) is 11.8 Å².